The van der Waals surface area contributed by atoms with Gasteiger partial charge >= 0.3 is 5.97 Å². The van der Waals surface area contributed by atoms with Crippen LogP contribution in [0.15, 0.2) is 10.2 Å². The van der Waals surface area contributed by atoms with Crippen LogP contribution >= 0.6 is 0 Å². The second kappa shape index (κ2) is 5.71. The lowest BCUT2D eigenvalue weighted by atomic mass is 9.92. The molecule has 3 rings (SSSR count). The molecule has 1 saturated heterocycles. The molecular formula is C16H21N3O3. The number of hydrogen-bond donors (Lipinski definition) is 1. The van der Waals surface area contributed by atoms with E-state index in [2.05, 4.69) is 16.1 Å². The molecule has 2 aliphatic heterocycles. The Bertz CT molecular complexity index is 541. The number of amides is 1. The zero-order chi connectivity index (χ0) is 15.7. The first-order valence-electron chi connectivity index (χ1n) is 7.93. The van der Waals surface area contributed by atoms with Gasteiger partial charge in [-0.3, -0.25) is 9.59 Å². The van der Waals surface area contributed by atoms with Crippen LogP contribution in [-0.4, -0.2) is 40.6 Å². The fraction of sp³-hybridized carbons (Fsp3) is 0.750. The van der Waals surface area contributed by atoms with Gasteiger partial charge in [0.25, 0.3) is 0 Å². The molecule has 1 N–H and O–H groups in total. The number of carbonyl (C=O) groups is 2. The van der Waals surface area contributed by atoms with Crippen LogP contribution < -0.4 is 0 Å². The van der Waals surface area contributed by atoms with Gasteiger partial charge in [-0.25, -0.2) is 0 Å². The summed E-state index contributed by atoms with van der Waals surface area (Å²) in [5.41, 5.74) is -0.441. The van der Waals surface area contributed by atoms with E-state index in [-0.39, 0.29) is 11.8 Å². The van der Waals surface area contributed by atoms with Crippen molar-refractivity contribution in [2.24, 2.45) is 28.0 Å². The van der Waals surface area contributed by atoms with Gasteiger partial charge < -0.3 is 10.0 Å². The Labute approximate surface area is 130 Å². The normalized spacial score (nSPS) is 28.4. The van der Waals surface area contributed by atoms with Crippen molar-refractivity contribution < 1.29 is 14.7 Å². The maximum absolute atomic E-state index is 12.4. The highest BCUT2D eigenvalue weighted by Crippen LogP contribution is 2.44. The number of aliphatic carboxylic acids is 1. The van der Waals surface area contributed by atoms with Crippen molar-refractivity contribution in [1.82, 2.24) is 4.90 Å². The molecule has 3 aliphatic rings. The standard InChI is InChI=1S/C16H21N3O3/c1-2-3-7-16(17-18-16)8-6-14(20)19-9-12(11-4-5-11)13(10-19)15(21)22/h1,11-13H,3-10H2,(H,21,22)/t12-,13+/m0/s1. The second-order valence-electron chi connectivity index (χ2n) is 6.63. The van der Waals surface area contributed by atoms with Crippen molar-refractivity contribution in [3.8, 4) is 12.3 Å². The van der Waals surface area contributed by atoms with Crippen molar-refractivity contribution in [3.05, 3.63) is 0 Å². The Balaban J connectivity index is 1.50. The van der Waals surface area contributed by atoms with E-state index in [1.165, 1.54) is 0 Å². The zero-order valence-corrected chi connectivity index (χ0v) is 12.6. The largest absolute Gasteiger partial charge is 0.481 e. The highest BCUT2D eigenvalue weighted by Gasteiger charge is 2.47. The summed E-state index contributed by atoms with van der Waals surface area (Å²) in [6.45, 7) is 0.938. The topological polar surface area (TPSA) is 82.3 Å². The van der Waals surface area contributed by atoms with E-state index in [0.29, 0.717) is 44.7 Å². The zero-order valence-electron chi connectivity index (χ0n) is 12.6. The summed E-state index contributed by atoms with van der Waals surface area (Å²) in [4.78, 5) is 25.5. The fourth-order valence-corrected chi connectivity index (χ4v) is 3.43. The van der Waals surface area contributed by atoms with E-state index in [4.69, 9.17) is 6.42 Å². The third-order valence-corrected chi connectivity index (χ3v) is 5.05. The van der Waals surface area contributed by atoms with E-state index < -0.39 is 17.6 Å². The highest BCUT2D eigenvalue weighted by atomic mass is 16.4. The summed E-state index contributed by atoms with van der Waals surface area (Å²) in [5, 5.41) is 17.4. The third-order valence-electron chi connectivity index (χ3n) is 5.05. The Morgan fingerprint density at radius 1 is 1.27 bits per heavy atom. The summed E-state index contributed by atoms with van der Waals surface area (Å²) < 4.78 is 0. The van der Waals surface area contributed by atoms with Crippen molar-refractivity contribution in [2.45, 2.75) is 44.2 Å². The van der Waals surface area contributed by atoms with E-state index in [1.54, 1.807) is 4.90 Å². The maximum Gasteiger partial charge on any atom is 0.308 e. The molecule has 0 aromatic heterocycles. The van der Waals surface area contributed by atoms with Gasteiger partial charge in [0.15, 0.2) is 5.66 Å². The molecule has 1 aliphatic carbocycles. The number of terminal acetylenes is 1. The van der Waals surface area contributed by atoms with Crippen molar-refractivity contribution >= 4 is 11.9 Å². The molecule has 2 atom stereocenters. The van der Waals surface area contributed by atoms with Gasteiger partial charge in [-0.2, -0.15) is 10.2 Å². The maximum atomic E-state index is 12.4. The van der Waals surface area contributed by atoms with Crippen LogP contribution in [0.4, 0.5) is 0 Å². The monoisotopic (exact) mass is 303 g/mol. The smallest absolute Gasteiger partial charge is 0.308 e. The van der Waals surface area contributed by atoms with Crippen LogP contribution in [-0.2, 0) is 9.59 Å². The lowest BCUT2D eigenvalue weighted by Crippen LogP contribution is -2.30. The van der Waals surface area contributed by atoms with Gasteiger partial charge in [0.2, 0.25) is 5.91 Å². The number of carboxylic acids is 1. The molecular weight excluding hydrogens is 282 g/mol. The number of likely N-dealkylation sites (tertiary alicyclic amines) is 1. The Hall–Kier alpha value is -1.90. The Morgan fingerprint density at radius 3 is 2.55 bits per heavy atom. The minimum Gasteiger partial charge on any atom is -0.481 e. The molecule has 0 aromatic carbocycles. The van der Waals surface area contributed by atoms with Crippen LogP contribution in [0, 0.1) is 30.1 Å². The SMILES string of the molecule is C#CCCC1(CCC(=O)N2C[C@@H](C(=O)O)[C@H](C3CC3)C2)N=N1. The molecule has 0 bridgehead atoms. The average molecular weight is 303 g/mol. The minimum absolute atomic E-state index is 0.0202. The van der Waals surface area contributed by atoms with Gasteiger partial charge in [0.1, 0.15) is 0 Å². The Morgan fingerprint density at radius 2 is 2.00 bits per heavy atom. The molecule has 0 radical (unpaired) electrons. The lowest BCUT2D eigenvalue weighted by Gasteiger charge is -2.17. The van der Waals surface area contributed by atoms with Crippen molar-refractivity contribution in [1.29, 1.82) is 0 Å². The quantitative estimate of drug-likeness (QED) is 0.729. The second-order valence-corrected chi connectivity index (χ2v) is 6.63. The van der Waals surface area contributed by atoms with Crippen molar-refractivity contribution in [2.75, 3.05) is 13.1 Å². The predicted molar refractivity (Wildman–Crippen MR) is 78.8 cm³/mol. The van der Waals surface area contributed by atoms with Crippen LogP contribution in [0.5, 0.6) is 0 Å². The average Bonchev–Trinajstić information content (AvgIpc) is 3.42. The van der Waals surface area contributed by atoms with E-state index in [0.717, 1.165) is 12.8 Å². The number of rotatable bonds is 7. The first-order valence-corrected chi connectivity index (χ1v) is 7.93. The molecule has 1 amide bonds. The van der Waals surface area contributed by atoms with Crippen LogP contribution in [0.25, 0.3) is 0 Å². The van der Waals surface area contributed by atoms with Crippen molar-refractivity contribution in [3.63, 3.8) is 0 Å². The number of carboxylic acid groups (broad SMARTS) is 1. The summed E-state index contributed by atoms with van der Waals surface area (Å²) in [7, 11) is 0. The molecule has 2 fully saturated rings. The van der Waals surface area contributed by atoms with Gasteiger partial charge in [-0.15, -0.1) is 12.3 Å². The number of hydrogen-bond acceptors (Lipinski definition) is 4. The lowest BCUT2D eigenvalue weighted by molar-refractivity contribution is -0.142. The van der Waals surface area contributed by atoms with Crippen LogP contribution in [0.3, 0.4) is 0 Å². The van der Waals surface area contributed by atoms with E-state index in [1.807, 2.05) is 0 Å². The third kappa shape index (κ3) is 3.13. The van der Waals surface area contributed by atoms with Crippen LogP contribution in [0.1, 0.15) is 38.5 Å². The Kier molecular flexibility index (Phi) is 3.90. The molecule has 0 unspecified atom stereocenters. The number of nitrogens with zero attached hydrogens (tertiary/aromatic N) is 3. The number of carbonyl (C=O) groups excluding carboxylic acids is 1. The molecule has 118 valence electrons. The summed E-state index contributed by atoms with van der Waals surface area (Å²) in [6, 6.07) is 0. The van der Waals surface area contributed by atoms with Gasteiger partial charge in [-0.1, -0.05) is 0 Å². The van der Waals surface area contributed by atoms with Gasteiger partial charge in [-0.05, 0) is 24.7 Å². The molecule has 0 aromatic rings. The molecule has 0 spiro atoms. The molecule has 2 heterocycles. The van der Waals surface area contributed by atoms with Crippen LogP contribution in [0.2, 0.25) is 0 Å². The first kappa shape index (κ1) is 15.0. The summed E-state index contributed by atoms with van der Waals surface area (Å²) >= 11 is 0. The highest BCUT2D eigenvalue weighted by molar-refractivity contribution is 5.79. The minimum atomic E-state index is -0.773. The van der Waals surface area contributed by atoms with Gasteiger partial charge in [0, 0.05) is 38.8 Å². The summed E-state index contributed by atoms with van der Waals surface area (Å²) in [6.07, 6.45) is 9.69. The molecule has 6 heteroatoms. The first-order chi connectivity index (χ1) is 10.5. The van der Waals surface area contributed by atoms with E-state index >= 15 is 0 Å². The fourth-order valence-electron chi connectivity index (χ4n) is 3.43. The predicted octanol–water partition coefficient (Wildman–Crippen LogP) is 1.91. The molecule has 6 nitrogen and oxygen atoms in total. The molecule has 22 heavy (non-hydrogen) atoms. The van der Waals surface area contributed by atoms with Gasteiger partial charge in [0.05, 0.1) is 5.92 Å². The van der Waals surface area contributed by atoms with E-state index in [9.17, 15) is 14.7 Å². The molecule has 1 saturated carbocycles. The summed E-state index contributed by atoms with van der Waals surface area (Å²) in [5.74, 6) is 2.04.